The van der Waals surface area contributed by atoms with E-state index in [9.17, 15) is 28.8 Å². The van der Waals surface area contributed by atoms with Crippen molar-refractivity contribution in [1.29, 1.82) is 0 Å². The number of benzene rings is 4. The summed E-state index contributed by atoms with van der Waals surface area (Å²) in [5, 5.41) is 0.558. The number of hydrogen-bond acceptors (Lipinski definition) is 10. The summed E-state index contributed by atoms with van der Waals surface area (Å²) in [5.41, 5.74) is 5.74. The standard InChI is InChI=1S/C21H19N3O3S.C15H8N2O2S.C6H12ClNO.K.H2O/c1-3-24(4-2)16(25)11-28-21-22-15-10-9-14-17(18(15)23-21)20(27)13-8-6-5-7-12(13)19(14)26;18-13-7-3-1-2-4-8(7)14(19)11-9(13)5-6-10-12(11)17-15(20)16-10;1-3-8(4-2)6(9)5-7;;/h5-10H,3-4,11H2,1-2H3,(H,22,23);1-6H,(H2,16,17,20);3-5H2,1-2H3;;1H2/q;;;+1;/p-1. The van der Waals surface area contributed by atoms with Gasteiger partial charge in [-0.15, -0.1) is 11.6 Å². The van der Waals surface area contributed by atoms with Crippen LogP contribution in [-0.4, -0.2) is 108 Å². The van der Waals surface area contributed by atoms with Crippen LogP contribution in [0.5, 0.6) is 0 Å². The van der Waals surface area contributed by atoms with Gasteiger partial charge in [-0.25, -0.2) is 4.98 Å². The first-order valence-electron chi connectivity index (χ1n) is 18.4. The topological polar surface area (TPSA) is 199 Å². The van der Waals surface area contributed by atoms with E-state index in [0.717, 1.165) is 18.6 Å². The third-order valence-corrected chi connectivity index (χ3v) is 11.1. The number of H-pyrrole nitrogens is 3. The zero-order chi connectivity index (χ0) is 41.0. The van der Waals surface area contributed by atoms with E-state index < -0.39 is 0 Å². The minimum atomic E-state index is -0.196. The summed E-state index contributed by atoms with van der Waals surface area (Å²) < 4.78 is 0.438. The Balaban J connectivity index is 0.000000217. The van der Waals surface area contributed by atoms with Crippen molar-refractivity contribution < 1.29 is 85.6 Å². The van der Waals surface area contributed by atoms with E-state index in [1.165, 1.54) is 11.8 Å². The molecule has 2 amide bonds. The van der Waals surface area contributed by atoms with Crippen LogP contribution in [0.15, 0.2) is 78.0 Å². The van der Waals surface area contributed by atoms with Gasteiger partial charge in [-0.3, -0.25) is 28.8 Å². The van der Waals surface area contributed by atoms with Crippen LogP contribution in [0.3, 0.4) is 0 Å². The van der Waals surface area contributed by atoms with Gasteiger partial charge >= 0.3 is 51.4 Å². The van der Waals surface area contributed by atoms with Gasteiger partial charge in [0.15, 0.2) is 33.1 Å². The second-order valence-corrected chi connectivity index (χ2v) is 14.5. The number of carbonyl (C=O) groups is 6. The Kier molecular flexibility index (Phi) is 16.9. The molecule has 300 valence electrons. The Hall–Kier alpha value is -4.10. The normalized spacial score (nSPS) is 12.0. The van der Waals surface area contributed by atoms with Crippen LogP contribution in [0.2, 0.25) is 0 Å². The molecular weight excluding hydrogens is 839 g/mol. The predicted octanol–water partition coefficient (Wildman–Crippen LogP) is 4.22. The van der Waals surface area contributed by atoms with E-state index >= 15 is 0 Å². The van der Waals surface area contributed by atoms with Crippen molar-refractivity contribution in [1.82, 2.24) is 29.7 Å². The second-order valence-electron chi connectivity index (χ2n) is 12.9. The molecule has 6 aromatic rings. The summed E-state index contributed by atoms with van der Waals surface area (Å²) in [5.74, 6) is -0.219. The van der Waals surface area contributed by atoms with Gasteiger partial charge in [-0.1, -0.05) is 60.3 Å². The molecule has 8 rings (SSSR count). The van der Waals surface area contributed by atoms with E-state index in [-0.39, 0.29) is 103 Å². The summed E-state index contributed by atoms with van der Waals surface area (Å²) in [6.07, 6.45) is 0. The minimum absolute atomic E-state index is 0. The molecule has 0 fully saturated rings. The Morgan fingerprint density at radius 2 is 1.08 bits per heavy atom. The van der Waals surface area contributed by atoms with E-state index in [1.807, 2.05) is 27.7 Å². The van der Waals surface area contributed by atoms with Gasteiger partial charge in [0.25, 0.3) is 0 Å². The Labute approximate surface area is 396 Å². The van der Waals surface area contributed by atoms with Crippen LogP contribution in [0.4, 0.5) is 0 Å². The van der Waals surface area contributed by atoms with E-state index in [0.29, 0.717) is 84.1 Å². The number of aromatic amines is 3. The Morgan fingerprint density at radius 1 is 0.627 bits per heavy atom. The van der Waals surface area contributed by atoms with Crippen molar-refractivity contribution in [3.8, 4) is 0 Å². The largest absolute Gasteiger partial charge is 1.00 e. The monoisotopic (exact) mass is 878 g/mol. The van der Waals surface area contributed by atoms with Gasteiger partial charge in [0.05, 0.1) is 33.4 Å². The molecule has 2 heterocycles. The van der Waals surface area contributed by atoms with E-state index in [4.69, 9.17) is 23.8 Å². The summed E-state index contributed by atoms with van der Waals surface area (Å²) in [7, 11) is 0. The first-order chi connectivity index (χ1) is 27.5. The van der Waals surface area contributed by atoms with Crippen LogP contribution in [0.1, 0.15) is 91.4 Å². The molecule has 0 spiro atoms. The number of nitrogens with one attached hydrogen (secondary N) is 3. The molecule has 2 aliphatic carbocycles. The van der Waals surface area contributed by atoms with Crippen LogP contribution in [0.25, 0.3) is 22.1 Å². The fourth-order valence-electron chi connectivity index (χ4n) is 6.85. The van der Waals surface area contributed by atoms with Crippen molar-refractivity contribution >= 4 is 92.6 Å². The van der Waals surface area contributed by atoms with Crippen molar-refractivity contribution in [3.05, 3.63) is 122 Å². The number of halogens is 1. The smallest absolute Gasteiger partial charge is 0.870 e. The van der Waals surface area contributed by atoms with Gasteiger partial charge in [0.1, 0.15) is 11.4 Å². The summed E-state index contributed by atoms with van der Waals surface area (Å²) in [6, 6.07) is 20.6. The molecule has 4 aromatic carbocycles. The molecule has 17 heteroatoms. The molecule has 59 heavy (non-hydrogen) atoms. The SMILES string of the molecule is CCN(CC)C(=O)CCl.CCN(CC)C(=O)CSc1nc2c3c(ccc2[nH]1)C(=O)c1ccccc1C3=O.O=C1c2ccccc2C(=O)c2c1ccc1[nH]c(=S)[nH]c21.[K+].[OH-]. The maximum atomic E-state index is 13.0. The number of amides is 2. The summed E-state index contributed by atoms with van der Waals surface area (Å²) >= 11 is 11.7. The number of ketones is 4. The number of fused-ring (bicyclic) bond motifs is 8. The van der Waals surface area contributed by atoms with Gasteiger partial charge in [0.2, 0.25) is 11.8 Å². The Bertz CT molecular complexity index is 2650. The van der Waals surface area contributed by atoms with E-state index in [2.05, 4.69) is 19.9 Å². The number of rotatable bonds is 8. The van der Waals surface area contributed by atoms with Crippen molar-refractivity contribution in [2.75, 3.05) is 37.8 Å². The van der Waals surface area contributed by atoms with Gasteiger partial charge in [-0.05, 0) is 64.2 Å². The molecule has 0 aliphatic heterocycles. The van der Waals surface area contributed by atoms with Crippen LogP contribution in [0, 0.1) is 4.77 Å². The summed E-state index contributed by atoms with van der Waals surface area (Å²) in [6.45, 7) is 10.6. The minimum Gasteiger partial charge on any atom is -0.870 e. The zero-order valence-electron chi connectivity index (χ0n) is 33.1. The number of thioether (sulfide) groups is 1. The molecule has 0 unspecified atom stereocenters. The number of imidazole rings is 2. The number of aromatic nitrogens is 4. The average Bonchev–Trinajstić information content (AvgIpc) is 3.84. The molecule has 0 bridgehead atoms. The number of nitrogens with zero attached hydrogens (tertiary/aromatic N) is 3. The first kappa shape index (κ1) is 47.6. The molecule has 4 N–H and O–H groups in total. The van der Waals surface area contributed by atoms with Crippen LogP contribution >= 0.6 is 35.6 Å². The van der Waals surface area contributed by atoms with E-state index in [1.54, 1.807) is 82.6 Å². The maximum absolute atomic E-state index is 13.0. The molecule has 0 saturated heterocycles. The molecule has 2 aliphatic rings. The fraction of sp³-hybridized carbons (Fsp3) is 0.238. The Morgan fingerprint density at radius 3 is 1.58 bits per heavy atom. The molecule has 2 aromatic heterocycles. The fourth-order valence-corrected chi connectivity index (χ4v) is 8.01. The van der Waals surface area contributed by atoms with Gasteiger partial charge in [0, 0.05) is 59.6 Å². The molecule has 13 nitrogen and oxygen atoms in total. The number of carbonyl (C=O) groups excluding carboxylic acids is 6. The van der Waals surface area contributed by atoms with Gasteiger partial charge < -0.3 is 30.2 Å². The maximum Gasteiger partial charge on any atom is 1.00 e. The van der Waals surface area contributed by atoms with Crippen molar-refractivity contribution in [2.45, 2.75) is 32.9 Å². The molecule has 0 radical (unpaired) electrons. The number of hydrogen-bond donors (Lipinski definition) is 3. The van der Waals surface area contributed by atoms with Crippen molar-refractivity contribution in [3.63, 3.8) is 0 Å². The second kappa shape index (κ2) is 20.9. The van der Waals surface area contributed by atoms with Crippen LogP contribution < -0.4 is 51.4 Å². The van der Waals surface area contributed by atoms with Crippen LogP contribution in [-0.2, 0) is 9.59 Å². The molecule has 0 saturated carbocycles. The molecule has 0 atom stereocenters. The zero-order valence-corrected chi connectivity index (χ0v) is 38.6. The third kappa shape index (κ3) is 9.61. The third-order valence-electron chi connectivity index (χ3n) is 9.78. The first-order valence-corrected chi connectivity index (χ1v) is 20.3. The van der Waals surface area contributed by atoms with Gasteiger partial charge in [-0.2, -0.15) is 0 Å². The quantitative estimate of drug-likeness (QED) is 0.0860. The summed E-state index contributed by atoms with van der Waals surface area (Å²) in [4.78, 5) is 91.1. The average molecular weight is 880 g/mol. The predicted molar refractivity (Wildman–Crippen MR) is 225 cm³/mol. The molecular formula is C42H40ClKN6O7S2. The number of alkyl halides is 1. The van der Waals surface area contributed by atoms with Crippen molar-refractivity contribution in [2.24, 2.45) is 0 Å².